The molecule has 3 aromatic rings. The van der Waals surface area contributed by atoms with Crippen LogP contribution in [0.25, 0.3) is 11.5 Å². The van der Waals surface area contributed by atoms with Gasteiger partial charge in [0.25, 0.3) is 5.89 Å². The fraction of sp³-hybridized carbons (Fsp3) is 0.176. The van der Waals surface area contributed by atoms with Gasteiger partial charge in [0.15, 0.2) is 0 Å². The van der Waals surface area contributed by atoms with E-state index in [0.29, 0.717) is 10.6 Å². The average molecular weight is 412 g/mol. The van der Waals surface area contributed by atoms with E-state index in [0.717, 1.165) is 5.56 Å². The van der Waals surface area contributed by atoms with Crippen LogP contribution in [0.2, 0.25) is 5.02 Å². The molecule has 0 bridgehead atoms. The van der Waals surface area contributed by atoms with Gasteiger partial charge in [0.1, 0.15) is 0 Å². The number of sulfonamides is 1. The summed E-state index contributed by atoms with van der Waals surface area (Å²) in [5.41, 5.74) is 1.68. The van der Waals surface area contributed by atoms with Gasteiger partial charge in [-0.2, -0.15) is 13.1 Å². The number of halogens is 3. The van der Waals surface area contributed by atoms with Gasteiger partial charge in [-0.25, -0.2) is 8.42 Å². The lowest BCUT2D eigenvalue weighted by Gasteiger charge is -2.14. The maximum absolute atomic E-state index is 12.9. The number of fused-ring (bicyclic) bond motifs is 1. The van der Waals surface area contributed by atoms with Crippen LogP contribution in [0, 0.1) is 0 Å². The molecule has 0 amide bonds. The molecule has 0 saturated heterocycles. The first-order chi connectivity index (χ1) is 12.8. The molecule has 27 heavy (non-hydrogen) atoms. The number of rotatable bonds is 4. The van der Waals surface area contributed by atoms with Crippen LogP contribution in [0.5, 0.6) is 0 Å². The Morgan fingerprint density at radius 1 is 1.15 bits per heavy atom. The zero-order chi connectivity index (χ0) is 19.2. The third-order valence-corrected chi connectivity index (χ3v) is 6.30. The zero-order valence-electron chi connectivity index (χ0n) is 13.6. The van der Waals surface area contributed by atoms with Gasteiger partial charge in [-0.05, 0) is 35.4 Å². The second-order valence-electron chi connectivity index (χ2n) is 5.97. The minimum atomic E-state index is -3.73. The second-order valence-corrected chi connectivity index (χ2v) is 8.31. The van der Waals surface area contributed by atoms with Crippen LogP contribution < -0.4 is 0 Å². The maximum Gasteiger partial charge on any atom is 0.314 e. The van der Waals surface area contributed by atoms with E-state index in [1.807, 2.05) is 0 Å². The fourth-order valence-electron chi connectivity index (χ4n) is 2.85. The Labute approximate surface area is 158 Å². The average Bonchev–Trinajstić information content (AvgIpc) is 3.21. The molecule has 0 aliphatic carbocycles. The SMILES string of the molecule is O=S1(=O)c2cc(-c3nnc(C(F)F)o3)ccc2CN1Cc1ccc(Cl)cc1. The van der Waals surface area contributed by atoms with Crippen LogP contribution in [0.4, 0.5) is 8.78 Å². The molecule has 0 N–H and O–H groups in total. The molecule has 0 unspecified atom stereocenters. The summed E-state index contributed by atoms with van der Waals surface area (Å²) in [5, 5.41) is 7.39. The smallest absolute Gasteiger partial charge is 0.314 e. The van der Waals surface area contributed by atoms with E-state index in [4.69, 9.17) is 16.0 Å². The molecule has 0 spiro atoms. The van der Waals surface area contributed by atoms with Gasteiger partial charge in [-0.3, -0.25) is 0 Å². The Morgan fingerprint density at radius 3 is 2.56 bits per heavy atom. The largest absolute Gasteiger partial charge is 0.415 e. The van der Waals surface area contributed by atoms with Crippen LogP contribution in [0.1, 0.15) is 23.4 Å². The summed E-state index contributed by atoms with van der Waals surface area (Å²) in [4.78, 5) is 0.103. The van der Waals surface area contributed by atoms with E-state index in [-0.39, 0.29) is 29.4 Å². The van der Waals surface area contributed by atoms with E-state index >= 15 is 0 Å². The van der Waals surface area contributed by atoms with Gasteiger partial charge >= 0.3 is 6.43 Å². The summed E-state index contributed by atoms with van der Waals surface area (Å²) in [7, 11) is -3.73. The monoisotopic (exact) mass is 411 g/mol. The van der Waals surface area contributed by atoms with Crippen LogP contribution >= 0.6 is 11.6 Å². The molecular weight excluding hydrogens is 400 g/mol. The molecule has 2 heterocycles. The summed E-state index contributed by atoms with van der Waals surface area (Å²) in [6, 6.07) is 11.5. The Bertz CT molecular complexity index is 1100. The van der Waals surface area contributed by atoms with Crippen LogP contribution in [0.3, 0.4) is 0 Å². The molecule has 1 aromatic heterocycles. The zero-order valence-corrected chi connectivity index (χ0v) is 15.2. The van der Waals surface area contributed by atoms with Crippen molar-refractivity contribution in [2.24, 2.45) is 0 Å². The molecule has 10 heteroatoms. The van der Waals surface area contributed by atoms with Crippen LogP contribution in [-0.2, 0) is 23.1 Å². The number of benzene rings is 2. The molecule has 0 saturated carbocycles. The number of nitrogens with zero attached hydrogens (tertiary/aromatic N) is 3. The Balaban J connectivity index is 1.64. The molecular formula is C17H12ClF2N3O3S. The molecule has 4 rings (SSSR count). The third kappa shape index (κ3) is 3.33. The Kier molecular flexibility index (Phi) is 4.45. The van der Waals surface area contributed by atoms with Crippen LogP contribution in [0.15, 0.2) is 51.8 Å². The second kappa shape index (κ2) is 6.66. The van der Waals surface area contributed by atoms with Gasteiger partial charge in [-0.15, -0.1) is 10.2 Å². The van der Waals surface area contributed by atoms with Gasteiger partial charge < -0.3 is 4.42 Å². The summed E-state index contributed by atoms with van der Waals surface area (Å²) < 4.78 is 57.2. The number of hydrogen-bond acceptors (Lipinski definition) is 5. The normalized spacial score (nSPS) is 16.0. The summed E-state index contributed by atoms with van der Waals surface area (Å²) in [5.74, 6) is -0.961. The van der Waals surface area contributed by atoms with Crippen molar-refractivity contribution in [1.29, 1.82) is 0 Å². The summed E-state index contributed by atoms with van der Waals surface area (Å²) in [6.45, 7) is 0.409. The first kappa shape index (κ1) is 18.0. The Morgan fingerprint density at radius 2 is 1.89 bits per heavy atom. The van der Waals surface area contributed by atoms with Crippen molar-refractivity contribution in [2.45, 2.75) is 24.4 Å². The summed E-state index contributed by atoms with van der Waals surface area (Å²) >= 11 is 5.86. The third-order valence-electron chi connectivity index (χ3n) is 4.18. The van der Waals surface area contributed by atoms with E-state index < -0.39 is 22.3 Å². The lowest BCUT2D eigenvalue weighted by molar-refractivity contribution is 0.116. The molecule has 0 fully saturated rings. The van der Waals surface area contributed by atoms with Gasteiger partial charge in [-0.1, -0.05) is 29.8 Å². The van der Waals surface area contributed by atoms with E-state index in [9.17, 15) is 17.2 Å². The topological polar surface area (TPSA) is 76.3 Å². The van der Waals surface area contributed by atoms with E-state index in [1.54, 1.807) is 36.4 Å². The van der Waals surface area contributed by atoms with E-state index in [1.165, 1.54) is 10.4 Å². The minimum Gasteiger partial charge on any atom is -0.415 e. The van der Waals surface area contributed by atoms with Crippen molar-refractivity contribution in [3.63, 3.8) is 0 Å². The van der Waals surface area contributed by atoms with Crippen molar-refractivity contribution in [1.82, 2.24) is 14.5 Å². The number of alkyl halides is 2. The molecule has 0 atom stereocenters. The minimum absolute atomic E-state index is 0.103. The van der Waals surface area contributed by atoms with Crippen molar-refractivity contribution < 1.29 is 21.6 Å². The van der Waals surface area contributed by atoms with Crippen molar-refractivity contribution in [2.75, 3.05) is 0 Å². The van der Waals surface area contributed by atoms with Gasteiger partial charge in [0.05, 0.1) is 4.90 Å². The molecule has 1 aliphatic rings. The highest BCUT2D eigenvalue weighted by molar-refractivity contribution is 7.89. The number of aromatic nitrogens is 2. The molecule has 2 aromatic carbocycles. The molecule has 6 nitrogen and oxygen atoms in total. The van der Waals surface area contributed by atoms with Gasteiger partial charge in [0, 0.05) is 23.7 Å². The van der Waals surface area contributed by atoms with Crippen molar-refractivity contribution >= 4 is 21.6 Å². The predicted molar refractivity (Wildman–Crippen MR) is 92.6 cm³/mol. The molecule has 140 valence electrons. The first-order valence-corrected chi connectivity index (χ1v) is 9.66. The van der Waals surface area contributed by atoms with Gasteiger partial charge in [0.2, 0.25) is 15.9 Å². The lowest BCUT2D eigenvalue weighted by atomic mass is 10.1. The summed E-state index contributed by atoms with van der Waals surface area (Å²) in [6.07, 6.45) is -2.89. The number of hydrogen-bond donors (Lipinski definition) is 0. The molecule has 0 radical (unpaired) electrons. The molecule has 1 aliphatic heterocycles. The standard InChI is InChI=1S/C17H12ClF2N3O3S/c18-13-5-1-10(2-6-13)8-23-9-12-4-3-11(7-14(12)27(23,24)25)16-21-22-17(26-16)15(19)20/h1-7,15H,8-9H2. The van der Waals surface area contributed by atoms with Crippen LogP contribution in [-0.4, -0.2) is 22.9 Å². The van der Waals surface area contributed by atoms with Crippen molar-refractivity contribution in [3.8, 4) is 11.5 Å². The highest BCUT2D eigenvalue weighted by Crippen LogP contribution is 2.35. The highest BCUT2D eigenvalue weighted by atomic mass is 35.5. The first-order valence-electron chi connectivity index (χ1n) is 7.84. The Hall–Kier alpha value is -2.36. The van der Waals surface area contributed by atoms with Crippen molar-refractivity contribution in [3.05, 3.63) is 64.5 Å². The maximum atomic E-state index is 12.9. The highest BCUT2D eigenvalue weighted by Gasteiger charge is 2.35. The quantitative estimate of drug-likeness (QED) is 0.647. The fourth-order valence-corrected chi connectivity index (χ4v) is 4.62. The van der Waals surface area contributed by atoms with E-state index in [2.05, 4.69) is 10.2 Å². The lowest BCUT2D eigenvalue weighted by Crippen LogP contribution is -2.23. The predicted octanol–water partition coefficient (Wildman–Crippen LogP) is 4.03.